The van der Waals surface area contributed by atoms with Gasteiger partial charge >= 0.3 is 5.65 Å². The summed E-state index contributed by atoms with van der Waals surface area (Å²) in [7, 11) is 0. The molecule has 6 aromatic rings. The van der Waals surface area contributed by atoms with E-state index in [9.17, 15) is 0 Å². The van der Waals surface area contributed by atoms with E-state index in [4.69, 9.17) is 0 Å². The number of nitrogens with zero attached hydrogens (tertiary/aromatic N) is 4. The van der Waals surface area contributed by atoms with Gasteiger partial charge < -0.3 is 0 Å². The molecule has 0 radical (unpaired) electrons. The number of benzene rings is 2. The molecule has 0 bridgehead atoms. The highest BCUT2D eigenvalue weighted by molar-refractivity contribution is 6.14. The van der Waals surface area contributed by atoms with E-state index in [1.165, 1.54) is 61.0 Å². The molecule has 2 aromatic carbocycles. The van der Waals surface area contributed by atoms with Crippen molar-refractivity contribution in [1.29, 1.82) is 0 Å². The molecule has 0 amide bonds. The molecule has 0 aliphatic carbocycles. The van der Waals surface area contributed by atoms with Crippen LogP contribution in [-0.2, 0) is 12.1 Å². The van der Waals surface area contributed by atoms with Crippen molar-refractivity contribution in [1.82, 2.24) is 8.80 Å². The Morgan fingerprint density at radius 1 is 0.889 bits per heavy atom. The van der Waals surface area contributed by atoms with E-state index in [2.05, 4.69) is 121 Å². The molecule has 1 aliphatic heterocycles. The fraction of sp³-hybridized carbons (Fsp3) is 0.375. The number of hydrogen-bond donors (Lipinski definition) is 0. The zero-order valence-electron chi connectivity index (χ0n) is 22.6. The molecule has 1 aliphatic rings. The third-order valence-electron chi connectivity index (χ3n) is 8.78. The summed E-state index contributed by atoms with van der Waals surface area (Å²) in [6.07, 6.45) is 9.43. The number of aromatic nitrogens is 4. The quantitative estimate of drug-likeness (QED) is 0.196. The van der Waals surface area contributed by atoms with Crippen LogP contribution >= 0.6 is 0 Å². The average molecular weight is 477 g/mol. The zero-order chi connectivity index (χ0) is 25.1. The van der Waals surface area contributed by atoms with Crippen molar-refractivity contribution in [3.05, 3.63) is 65.6 Å². The minimum atomic E-state index is -0.0514. The maximum absolute atomic E-state index is 2.61. The highest BCUT2D eigenvalue weighted by Crippen LogP contribution is 2.40. The van der Waals surface area contributed by atoms with Crippen molar-refractivity contribution >= 4 is 50.1 Å². The SMILES string of the molecule is CCC1(CC)C=Cc2cccc3c2c2n4c(c[n+]21)c1c(C)cccc1n1c(C)[n+](CC(C)(C)C)c3c14. The Morgan fingerprint density at radius 3 is 2.36 bits per heavy atom. The molecular formula is C32H36N4+2. The van der Waals surface area contributed by atoms with Crippen molar-refractivity contribution in [3.8, 4) is 0 Å². The van der Waals surface area contributed by atoms with Gasteiger partial charge in [-0.05, 0) is 54.5 Å². The maximum atomic E-state index is 2.61. The van der Waals surface area contributed by atoms with Crippen molar-refractivity contribution in [2.24, 2.45) is 5.41 Å². The van der Waals surface area contributed by atoms with Crippen LogP contribution in [0.3, 0.4) is 0 Å². The maximum Gasteiger partial charge on any atom is 0.346 e. The zero-order valence-corrected chi connectivity index (χ0v) is 22.6. The third kappa shape index (κ3) is 2.50. The van der Waals surface area contributed by atoms with Gasteiger partial charge in [0.1, 0.15) is 17.3 Å². The monoisotopic (exact) mass is 476 g/mol. The molecule has 4 aromatic heterocycles. The Labute approximate surface area is 212 Å². The third-order valence-corrected chi connectivity index (χ3v) is 8.78. The lowest BCUT2D eigenvalue weighted by molar-refractivity contribution is -0.728. The van der Waals surface area contributed by atoms with Crippen molar-refractivity contribution in [2.75, 3.05) is 0 Å². The first-order chi connectivity index (χ1) is 17.2. The predicted octanol–water partition coefficient (Wildman–Crippen LogP) is 6.87. The lowest BCUT2D eigenvalue weighted by Gasteiger charge is -2.24. The Balaban J connectivity index is 1.89. The molecule has 4 nitrogen and oxygen atoms in total. The number of pyridine rings is 1. The number of fused-ring (bicyclic) bond motifs is 4. The first kappa shape index (κ1) is 21.8. The second-order valence-electron chi connectivity index (χ2n) is 12.1. The second-order valence-corrected chi connectivity index (χ2v) is 12.1. The molecule has 5 heterocycles. The summed E-state index contributed by atoms with van der Waals surface area (Å²) in [6, 6.07) is 13.7. The predicted molar refractivity (Wildman–Crippen MR) is 149 cm³/mol. The minimum Gasteiger partial charge on any atom is -0.223 e. The highest BCUT2D eigenvalue weighted by atomic mass is 15.2. The van der Waals surface area contributed by atoms with E-state index in [1.807, 2.05) is 0 Å². The summed E-state index contributed by atoms with van der Waals surface area (Å²) < 4.78 is 10.3. The molecule has 0 atom stereocenters. The molecule has 0 saturated carbocycles. The number of imidazole rings is 2. The number of allylic oxidation sites excluding steroid dienone is 1. The normalized spacial score (nSPS) is 15.5. The van der Waals surface area contributed by atoms with Gasteiger partial charge in [0.15, 0.2) is 5.52 Å². The smallest absolute Gasteiger partial charge is 0.223 e. The van der Waals surface area contributed by atoms with E-state index >= 15 is 0 Å². The standard InChI is InChI=1S/C32H36N4/c1-8-32(9-2)17-16-22-13-11-14-23-27(22)29-34(32)18-25-26-20(3)12-10-15-24(26)35-21(4)33(19-31(5,6)7)28(23)30(35)36(25)29/h10-18H,8-9,19H2,1-7H3/q+2. The Bertz CT molecular complexity index is 1880. The van der Waals surface area contributed by atoms with E-state index in [1.54, 1.807) is 0 Å². The average Bonchev–Trinajstić information content (AvgIpc) is 3.32. The second kappa shape index (κ2) is 6.88. The summed E-state index contributed by atoms with van der Waals surface area (Å²) in [5.41, 5.74) is 9.33. The van der Waals surface area contributed by atoms with Crippen LogP contribution in [0.2, 0.25) is 0 Å². The molecule has 7 rings (SSSR count). The van der Waals surface area contributed by atoms with Crippen LogP contribution < -0.4 is 9.13 Å². The fourth-order valence-corrected chi connectivity index (χ4v) is 7.00. The van der Waals surface area contributed by atoms with Crippen LogP contribution in [0, 0.1) is 19.3 Å². The molecule has 0 fully saturated rings. The molecular weight excluding hydrogens is 440 g/mol. The summed E-state index contributed by atoms with van der Waals surface area (Å²) in [5.74, 6) is 1.29. The van der Waals surface area contributed by atoms with Crippen LogP contribution in [0.1, 0.15) is 64.4 Å². The van der Waals surface area contributed by atoms with Crippen molar-refractivity contribution in [2.45, 2.75) is 73.4 Å². The molecule has 0 spiro atoms. The Morgan fingerprint density at radius 2 is 1.64 bits per heavy atom. The molecule has 0 N–H and O–H groups in total. The molecule has 4 heteroatoms. The van der Waals surface area contributed by atoms with E-state index in [-0.39, 0.29) is 11.0 Å². The van der Waals surface area contributed by atoms with Gasteiger partial charge in [-0.3, -0.25) is 0 Å². The van der Waals surface area contributed by atoms with Gasteiger partial charge in [-0.1, -0.05) is 65.0 Å². The number of aryl methyl sites for hydroxylation is 2. The van der Waals surface area contributed by atoms with E-state index in [0.717, 1.165) is 19.4 Å². The van der Waals surface area contributed by atoms with Crippen LogP contribution in [0.5, 0.6) is 0 Å². The lowest BCUT2D eigenvalue weighted by atomic mass is 9.91. The first-order valence-electron chi connectivity index (χ1n) is 13.5. The Hall–Kier alpha value is -3.40. The van der Waals surface area contributed by atoms with Crippen LogP contribution in [0.4, 0.5) is 0 Å². The van der Waals surface area contributed by atoms with E-state index < -0.39 is 0 Å². The fourth-order valence-electron chi connectivity index (χ4n) is 7.00. The van der Waals surface area contributed by atoms with Gasteiger partial charge in [0.05, 0.1) is 17.3 Å². The van der Waals surface area contributed by atoms with E-state index in [0.29, 0.717) is 0 Å². The summed E-state index contributed by atoms with van der Waals surface area (Å²) in [6.45, 7) is 17.2. The summed E-state index contributed by atoms with van der Waals surface area (Å²) in [4.78, 5) is 0. The molecule has 0 saturated heterocycles. The molecule has 182 valence electrons. The van der Waals surface area contributed by atoms with Crippen molar-refractivity contribution < 1.29 is 9.13 Å². The number of rotatable bonds is 3. The Kier molecular flexibility index (Phi) is 4.17. The van der Waals surface area contributed by atoms with Crippen LogP contribution in [0.25, 0.3) is 50.1 Å². The minimum absolute atomic E-state index is 0.0514. The summed E-state index contributed by atoms with van der Waals surface area (Å²) >= 11 is 0. The largest absolute Gasteiger partial charge is 0.346 e. The van der Waals surface area contributed by atoms with Gasteiger partial charge in [-0.2, -0.15) is 4.40 Å². The summed E-state index contributed by atoms with van der Waals surface area (Å²) in [5, 5.41) is 4.07. The van der Waals surface area contributed by atoms with Crippen LogP contribution in [-0.4, -0.2) is 8.80 Å². The topological polar surface area (TPSA) is 16.6 Å². The van der Waals surface area contributed by atoms with Crippen molar-refractivity contribution in [3.63, 3.8) is 0 Å². The van der Waals surface area contributed by atoms with Crippen LogP contribution in [0.15, 0.2) is 48.7 Å². The van der Waals surface area contributed by atoms with Gasteiger partial charge in [-0.25, -0.2) is 9.13 Å². The lowest BCUT2D eigenvalue weighted by Crippen LogP contribution is -2.53. The van der Waals surface area contributed by atoms with Gasteiger partial charge in [0.25, 0.3) is 11.5 Å². The molecule has 36 heavy (non-hydrogen) atoms. The van der Waals surface area contributed by atoms with Gasteiger partial charge in [0, 0.05) is 12.3 Å². The molecule has 0 unspecified atom stereocenters. The van der Waals surface area contributed by atoms with Gasteiger partial charge in [-0.15, -0.1) is 4.40 Å². The first-order valence-corrected chi connectivity index (χ1v) is 13.5. The highest BCUT2D eigenvalue weighted by Gasteiger charge is 2.42. The van der Waals surface area contributed by atoms with Gasteiger partial charge in [0.2, 0.25) is 5.52 Å². The number of hydrogen-bond acceptors (Lipinski definition) is 0.